The number of hydrogen-bond acceptors (Lipinski definition) is 5. The first-order valence-electron chi connectivity index (χ1n) is 11.2. The highest BCUT2D eigenvalue weighted by Crippen LogP contribution is 2.26. The molecule has 4 rings (SSSR count). The average Bonchev–Trinajstić information content (AvgIpc) is 2.76. The van der Waals surface area contributed by atoms with E-state index in [4.69, 9.17) is 9.47 Å². The van der Waals surface area contributed by atoms with Crippen LogP contribution < -0.4 is 15.0 Å². The number of nitrogens with one attached hydrogen (secondary N) is 1. The van der Waals surface area contributed by atoms with Crippen LogP contribution in [0.3, 0.4) is 0 Å². The van der Waals surface area contributed by atoms with E-state index in [2.05, 4.69) is 33.4 Å². The van der Waals surface area contributed by atoms with Crippen molar-refractivity contribution in [3.8, 4) is 5.75 Å². The van der Waals surface area contributed by atoms with E-state index in [-0.39, 0.29) is 12.1 Å². The second-order valence-corrected chi connectivity index (χ2v) is 9.25. The first kappa shape index (κ1) is 21.9. The maximum Gasteiger partial charge on any atom is 0.407 e. The highest BCUT2D eigenvalue weighted by atomic mass is 16.6. The van der Waals surface area contributed by atoms with E-state index in [1.54, 1.807) is 0 Å². The van der Waals surface area contributed by atoms with Crippen molar-refractivity contribution in [2.45, 2.75) is 51.9 Å². The molecule has 3 aromatic rings. The number of alkyl carbamates (subject to hydrolysis) is 1. The molecule has 6 heteroatoms. The quantitative estimate of drug-likeness (QED) is 0.591. The van der Waals surface area contributed by atoms with Crippen molar-refractivity contribution in [3.63, 3.8) is 0 Å². The number of carbonyl (C=O) groups excluding carboxylic acids is 1. The lowest BCUT2D eigenvalue weighted by Gasteiger charge is -2.35. The van der Waals surface area contributed by atoms with Gasteiger partial charge in [-0.2, -0.15) is 0 Å². The number of amides is 1. The fourth-order valence-corrected chi connectivity index (χ4v) is 3.91. The number of anilines is 1. The number of hydrogen-bond donors (Lipinski definition) is 1. The van der Waals surface area contributed by atoms with Crippen molar-refractivity contribution in [2.24, 2.45) is 0 Å². The Bertz CT molecular complexity index is 1060. The van der Waals surface area contributed by atoms with Crippen molar-refractivity contribution in [3.05, 3.63) is 66.4 Å². The molecule has 1 aliphatic heterocycles. The molecular weight excluding hydrogens is 402 g/mol. The number of pyridine rings is 1. The molecule has 0 radical (unpaired) electrons. The largest absolute Gasteiger partial charge is 0.489 e. The van der Waals surface area contributed by atoms with Gasteiger partial charge in [0.05, 0.1) is 17.4 Å². The topological polar surface area (TPSA) is 63.7 Å². The van der Waals surface area contributed by atoms with Crippen LogP contribution in [0.5, 0.6) is 5.75 Å². The Balaban J connectivity index is 1.43. The predicted octanol–water partition coefficient (Wildman–Crippen LogP) is 5.31. The van der Waals surface area contributed by atoms with Crippen LogP contribution in [0, 0.1) is 0 Å². The smallest absolute Gasteiger partial charge is 0.407 e. The van der Waals surface area contributed by atoms with Gasteiger partial charge < -0.3 is 19.7 Å². The van der Waals surface area contributed by atoms with Gasteiger partial charge in [-0.15, -0.1) is 0 Å². The molecule has 0 bridgehead atoms. The monoisotopic (exact) mass is 433 g/mol. The fourth-order valence-electron chi connectivity index (χ4n) is 3.91. The summed E-state index contributed by atoms with van der Waals surface area (Å²) < 4.78 is 11.4. The molecule has 1 atom stereocenters. The van der Waals surface area contributed by atoms with E-state index < -0.39 is 5.60 Å². The van der Waals surface area contributed by atoms with E-state index in [1.807, 2.05) is 63.4 Å². The number of carbonyl (C=O) groups is 1. The summed E-state index contributed by atoms with van der Waals surface area (Å²) >= 11 is 0. The molecule has 1 aromatic heterocycles. The number of ether oxygens (including phenoxy) is 2. The Morgan fingerprint density at radius 1 is 1.16 bits per heavy atom. The van der Waals surface area contributed by atoms with Gasteiger partial charge in [-0.05, 0) is 63.4 Å². The summed E-state index contributed by atoms with van der Waals surface area (Å²) in [5.74, 6) is 0.823. The minimum atomic E-state index is -0.499. The average molecular weight is 434 g/mol. The Morgan fingerprint density at radius 2 is 1.97 bits per heavy atom. The van der Waals surface area contributed by atoms with Crippen LogP contribution in [0.15, 0.2) is 60.8 Å². The summed E-state index contributed by atoms with van der Waals surface area (Å²) in [6.07, 6.45) is 3.48. The molecule has 1 aliphatic rings. The van der Waals surface area contributed by atoms with Gasteiger partial charge in [0, 0.05) is 24.5 Å². The van der Waals surface area contributed by atoms with Crippen LogP contribution >= 0.6 is 0 Å². The van der Waals surface area contributed by atoms with Gasteiger partial charge in [-0.3, -0.25) is 4.98 Å². The molecule has 6 nitrogen and oxygen atoms in total. The summed E-state index contributed by atoms with van der Waals surface area (Å²) in [7, 11) is 0. The molecule has 1 N–H and O–H groups in total. The molecule has 1 amide bonds. The number of aromatic nitrogens is 1. The molecular formula is C26H31N3O3. The van der Waals surface area contributed by atoms with Gasteiger partial charge in [0.25, 0.3) is 0 Å². The lowest BCUT2D eigenvalue weighted by atomic mass is 10.0. The summed E-state index contributed by atoms with van der Waals surface area (Å²) in [5.41, 5.74) is 2.62. The van der Waals surface area contributed by atoms with Gasteiger partial charge in [0.1, 0.15) is 18.0 Å². The van der Waals surface area contributed by atoms with Crippen LogP contribution in [0.2, 0.25) is 0 Å². The van der Waals surface area contributed by atoms with E-state index in [9.17, 15) is 4.79 Å². The van der Waals surface area contributed by atoms with Crippen LogP contribution in [0.4, 0.5) is 10.5 Å². The Labute approximate surface area is 189 Å². The highest BCUT2D eigenvalue weighted by molar-refractivity contribution is 5.83. The molecule has 1 fully saturated rings. The molecule has 0 spiro atoms. The van der Waals surface area contributed by atoms with Gasteiger partial charge in [-0.25, -0.2) is 4.79 Å². The van der Waals surface area contributed by atoms with E-state index >= 15 is 0 Å². The number of rotatable bonds is 5. The fraction of sp³-hybridized carbons (Fsp3) is 0.385. The molecule has 32 heavy (non-hydrogen) atoms. The predicted molar refractivity (Wildman–Crippen MR) is 127 cm³/mol. The first-order valence-corrected chi connectivity index (χ1v) is 11.2. The molecule has 0 aliphatic carbocycles. The third-order valence-electron chi connectivity index (χ3n) is 5.39. The Morgan fingerprint density at radius 3 is 2.75 bits per heavy atom. The van der Waals surface area contributed by atoms with Crippen LogP contribution in [-0.4, -0.2) is 35.8 Å². The highest BCUT2D eigenvalue weighted by Gasteiger charge is 2.24. The lowest BCUT2D eigenvalue weighted by Crippen LogP contribution is -2.49. The second kappa shape index (κ2) is 9.47. The SMILES string of the molecule is CC(C)(C)OC(=O)NC1CCCN(c2cnc3ccc(OCc4ccccc4)cc3c2)C1. The maximum atomic E-state index is 12.2. The Hall–Kier alpha value is -3.28. The molecule has 1 saturated heterocycles. The molecule has 168 valence electrons. The second-order valence-electron chi connectivity index (χ2n) is 9.25. The summed E-state index contributed by atoms with van der Waals surface area (Å²) in [6, 6.07) is 18.3. The number of piperidine rings is 1. The lowest BCUT2D eigenvalue weighted by molar-refractivity contribution is 0.0500. The van der Waals surface area contributed by atoms with Gasteiger partial charge in [-0.1, -0.05) is 30.3 Å². The van der Waals surface area contributed by atoms with Crippen LogP contribution in [0.1, 0.15) is 39.2 Å². The number of fused-ring (bicyclic) bond motifs is 1. The zero-order valence-corrected chi connectivity index (χ0v) is 19.0. The summed E-state index contributed by atoms with van der Waals surface area (Å²) in [6.45, 7) is 7.82. The van der Waals surface area contributed by atoms with Crippen molar-refractivity contribution >= 4 is 22.7 Å². The first-order chi connectivity index (χ1) is 15.4. The van der Waals surface area contributed by atoms with Crippen molar-refractivity contribution < 1.29 is 14.3 Å². The van der Waals surface area contributed by atoms with E-state index in [0.717, 1.165) is 53.8 Å². The summed E-state index contributed by atoms with van der Waals surface area (Å²) in [4.78, 5) is 19.1. The van der Waals surface area contributed by atoms with Gasteiger partial charge in [0.2, 0.25) is 0 Å². The third kappa shape index (κ3) is 5.90. The third-order valence-corrected chi connectivity index (χ3v) is 5.39. The van der Waals surface area contributed by atoms with Gasteiger partial charge in [0.15, 0.2) is 0 Å². The number of benzene rings is 2. The molecule has 1 unspecified atom stereocenters. The summed E-state index contributed by atoms with van der Waals surface area (Å²) in [5, 5.41) is 4.05. The van der Waals surface area contributed by atoms with Crippen molar-refractivity contribution in [1.82, 2.24) is 10.3 Å². The van der Waals surface area contributed by atoms with E-state index in [0.29, 0.717) is 6.61 Å². The zero-order chi connectivity index (χ0) is 22.6. The minimum Gasteiger partial charge on any atom is -0.489 e. The maximum absolute atomic E-state index is 12.2. The Kier molecular flexibility index (Phi) is 6.49. The van der Waals surface area contributed by atoms with Gasteiger partial charge >= 0.3 is 6.09 Å². The van der Waals surface area contributed by atoms with Crippen molar-refractivity contribution in [1.29, 1.82) is 0 Å². The standard InChI is InChI=1S/C26H31N3O3/c1-26(2,3)32-25(30)28-21-10-7-13-29(17-21)22-14-20-15-23(11-12-24(20)27-16-22)31-18-19-8-5-4-6-9-19/h4-6,8-9,11-12,14-16,21H,7,10,13,17-18H2,1-3H3,(H,28,30). The number of nitrogens with zero attached hydrogens (tertiary/aromatic N) is 2. The molecule has 0 saturated carbocycles. The molecule has 2 aromatic carbocycles. The molecule has 2 heterocycles. The normalized spacial score (nSPS) is 16.6. The van der Waals surface area contributed by atoms with Crippen molar-refractivity contribution in [2.75, 3.05) is 18.0 Å². The van der Waals surface area contributed by atoms with Crippen LogP contribution in [0.25, 0.3) is 10.9 Å². The van der Waals surface area contributed by atoms with E-state index in [1.165, 1.54) is 0 Å². The minimum absolute atomic E-state index is 0.0508. The van der Waals surface area contributed by atoms with Crippen LogP contribution in [-0.2, 0) is 11.3 Å². The zero-order valence-electron chi connectivity index (χ0n) is 19.0.